The highest BCUT2D eigenvalue weighted by atomic mass is 16.3. The highest BCUT2D eigenvalue weighted by molar-refractivity contribution is 5.76. The van der Waals surface area contributed by atoms with Gasteiger partial charge in [-0.05, 0) is 37.1 Å². The van der Waals surface area contributed by atoms with Crippen molar-refractivity contribution in [2.24, 2.45) is 0 Å². The summed E-state index contributed by atoms with van der Waals surface area (Å²) in [6.07, 6.45) is 1.50. The molecule has 0 aliphatic heterocycles. The Bertz CT molecular complexity index is 469. The van der Waals surface area contributed by atoms with Crippen LogP contribution in [0, 0.1) is 0 Å². The molecule has 5 heteroatoms. The summed E-state index contributed by atoms with van der Waals surface area (Å²) in [5, 5.41) is 20.5. The number of nitrogens with one attached hydrogen (secondary N) is 1. The number of aromatic nitrogens is 2. The van der Waals surface area contributed by atoms with Gasteiger partial charge in [0.1, 0.15) is 5.82 Å². The van der Waals surface area contributed by atoms with E-state index in [9.17, 15) is 0 Å². The lowest BCUT2D eigenvalue weighted by Gasteiger charge is -2.05. The zero-order chi connectivity index (χ0) is 12.8. The number of aryl methyl sites for hydroxylation is 1. The van der Waals surface area contributed by atoms with E-state index < -0.39 is 0 Å². The Balaban J connectivity index is 2.19. The molecule has 18 heavy (non-hydrogen) atoms. The molecule has 0 saturated heterocycles. The van der Waals surface area contributed by atoms with Gasteiger partial charge in [-0.25, -0.2) is 4.98 Å². The molecule has 5 nitrogen and oxygen atoms in total. The molecule has 0 amide bonds. The number of anilines is 1. The van der Waals surface area contributed by atoms with Crippen LogP contribution in [0.5, 0.6) is 0 Å². The topological polar surface area (TPSA) is 78.3 Å². The van der Waals surface area contributed by atoms with Crippen molar-refractivity contribution >= 4 is 16.9 Å². The molecule has 0 aliphatic carbocycles. The number of nitrogens with zero attached hydrogens (tertiary/aromatic N) is 2. The second kappa shape index (κ2) is 6.28. The summed E-state index contributed by atoms with van der Waals surface area (Å²) in [4.78, 5) is 8.88. The molecular formula is C13H17N3O2. The van der Waals surface area contributed by atoms with Crippen LogP contribution in [-0.2, 0) is 6.42 Å². The minimum atomic E-state index is 0.0814. The van der Waals surface area contributed by atoms with E-state index in [-0.39, 0.29) is 13.2 Å². The molecule has 2 heterocycles. The lowest BCUT2D eigenvalue weighted by Crippen LogP contribution is -2.06. The first-order valence-electron chi connectivity index (χ1n) is 6.06. The SMILES string of the molecule is OCCCc1ccc2nc(NCCO)ccc2n1. The summed E-state index contributed by atoms with van der Waals surface area (Å²) in [6.45, 7) is 0.751. The van der Waals surface area contributed by atoms with Crippen LogP contribution in [0.15, 0.2) is 24.3 Å². The molecule has 2 rings (SSSR count). The average Bonchev–Trinajstić information content (AvgIpc) is 2.42. The van der Waals surface area contributed by atoms with Gasteiger partial charge >= 0.3 is 0 Å². The van der Waals surface area contributed by atoms with Crippen LogP contribution in [0.4, 0.5) is 5.82 Å². The molecule has 0 aromatic carbocycles. The van der Waals surface area contributed by atoms with Gasteiger partial charge in [-0.3, -0.25) is 4.98 Å². The first-order valence-corrected chi connectivity index (χ1v) is 6.06. The first kappa shape index (κ1) is 12.7. The maximum atomic E-state index is 8.79. The Kier molecular flexibility index (Phi) is 4.44. The molecule has 0 bridgehead atoms. The number of fused-ring (bicyclic) bond motifs is 1. The first-order chi connectivity index (χ1) is 8.83. The van der Waals surface area contributed by atoms with Crippen molar-refractivity contribution in [3.05, 3.63) is 30.0 Å². The van der Waals surface area contributed by atoms with Crippen LogP contribution < -0.4 is 5.32 Å². The minimum absolute atomic E-state index is 0.0814. The third kappa shape index (κ3) is 3.15. The Morgan fingerprint density at radius 2 is 1.72 bits per heavy atom. The summed E-state index contributed by atoms with van der Waals surface area (Å²) in [5.74, 6) is 0.737. The predicted molar refractivity (Wildman–Crippen MR) is 70.5 cm³/mol. The largest absolute Gasteiger partial charge is 0.396 e. The quantitative estimate of drug-likeness (QED) is 0.708. The van der Waals surface area contributed by atoms with Gasteiger partial charge < -0.3 is 15.5 Å². The van der Waals surface area contributed by atoms with Gasteiger partial charge in [-0.15, -0.1) is 0 Å². The van der Waals surface area contributed by atoms with Crippen molar-refractivity contribution in [2.75, 3.05) is 25.1 Å². The Morgan fingerprint density at radius 1 is 0.944 bits per heavy atom. The maximum Gasteiger partial charge on any atom is 0.126 e. The van der Waals surface area contributed by atoms with E-state index in [2.05, 4.69) is 15.3 Å². The van der Waals surface area contributed by atoms with Crippen LogP contribution in [-0.4, -0.2) is 39.9 Å². The summed E-state index contributed by atoms with van der Waals surface area (Å²) in [6, 6.07) is 7.62. The number of pyridine rings is 2. The normalized spacial score (nSPS) is 10.8. The second-order valence-corrected chi connectivity index (χ2v) is 4.01. The second-order valence-electron chi connectivity index (χ2n) is 4.01. The zero-order valence-corrected chi connectivity index (χ0v) is 10.1. The molecule has 2 aromatic heterocycles. The Morgan fingerprint density at radius 3 is 2.50 bits per heavy atom. The molecule has 3 N–H and O–H groups in total. The van der Waals surface area contributed by atoms with Crippen molar-refractivity contribution in [3.63, 3.8) is 0 Å². The zero-order valence-electron chi connectivity index (χ0n) is 10.1. The summed E-state index contributed by atoms with van der Waals surface area (Å²) < 4.78 is 0. The minimum Gasteiger partial charge on any atom is -0.396 e. The summed E-state index contributed by atoms with van der Waals surface area (Å²) in [7, 11) is 0. The highest BCUT2D eigenvalue weighted by Crippen LogP contribution is 2.14. The van der Waals surface area contributed by atoms with Gasteiger partial charge in [0, 0.05) is 18.8 Å². The van der Waals surface area contributed by atoms with Crippen molar-refractivity contribution in [1.82, 2.24) is 9.97 Å². The van der Waals surface area contributed by atoms with E-state index in [4.69, 9.17) is 10.2 Å². The van der Waals surface area contributed by atoms with Crippen molar-refractivity contribution in [2.45, 2.75) is 12.8 Å². The third-order valence-electron chi connectivity index (χ3n) is 2.61. The predicted octanol–water partition coefficient (Wildman–Crippen LogP) is 0.959. The van der Waals surface area contributed by atoms with Crippen molar-refractivity contribution in [3.8, 4) is 0 Å². The van der Waals surface area contributed by atoms with Gasteiger partial charge in [0.15, 0.2) is 0 Å². The Labute approximate surface area is 106 Å². The molecule has 0 fully saturated rings. The Hall–Kier alpha value is -1.72. The number of hydrogen-bond donors (Lipinski definition) is 3. The smallest absolute Gasteiger partial charge is 0.126 e. The molecular weight excluding hydrogens is 230 g/mol. The molecule has 0 spiro atoms. The van der Waals surface area contributed by atoms with Crippen LogP contribution >= 0.6 is 0 Å². The van der Waals surface area contributed by atoms with Gasteiger partial charge in [0.25, 0.3) is 0 Å². The highest BCUT2D eigenvalue weighted by Gasteiger charge is 2.01. The number of aliphatic hydroxyl groups is 2. The average molecular weight is 247 g/mol. The van der Waals surface area contributed by atoms with Crippen LogP contribution in [0.1, 0.15) is 12.1 Å². The molecule has 2 aromatic rings. The summed E-state index contributed by atoms with van der Waals surface area (Å²) in [5.41, 5.74) is 2.64. The van der Waals surface area contributed by atoms with Gasteiger partial charge in [0.05, 0.1) is 17.6 Å². The van der Waals surface area contributed by atoms with Crippen LogP contribution in [0.25, 0.3) is 11.0 Å². The van der Waals surface area contributed by atoms with E-state index in [1.807, 2.05) is 24.3 Å². The van der Waals surface area contributed by atoms with E-state index in [0.717, 1.165) is 35.4 Å². The molecule has 0 radical (unpaired) electrons. The van der Waals surface area contributed by atoms with Gasteiger partial charge in [-0.2, -0.15) is 0 Å². The molecule has 0 unspecified atom stereocenters. The van der Waals surface area contributed by atoms with Crippen LogP contribution in [0.3, 0.4) is 0 Å². The van der Waals surface area contributed by atoms with E-state index in [1.165, 1.54) is 0 Å². The van der Waals surface area contributed by atoms with Gasteiger partial charge in [0.2, 0.25) is 0 Å². The van der Waals surface area contributed by atoms with E-state index in [1.54, 1.807) is 0 Å². The number of aliphatic hydroxyl groups excluding tert-OH is 2. The molecule has 0 aliphatic rings. The standard InChI is InChI=1S/C13H17N3O2/c17-8-1-2-10-3-4-12-11(15-10)5-6-13(16-12)14-7-9-18/h3-6,17-18H,1-2,7-9H2,(H,14,16). The fourth-order valence-corrected chi connectivity index (χ4v) is 1.73. The molecule has 0 saturated carbocycles. The summed E-state index contributed by atoms with van der Waals surface area (Å²) >= 11 is 0. The lowest BCUT2D eigenvalue weighted by atomic mass is 10.2. The van der Waals surface area contributed by atoms with E-state index >= 15 is 0 Å². The number of rotatable bonds is 6. The fourth-order valence-electron chi connectivity index (χ4n) is 1.73. The molecule has 0 atom stereocenters. The monoisotopic (exact) mass is 247 g/mol. The number of hydrogen-bond acceptors (Lipinski definition) is 5. The van der Waals surface area contributed by atoms with Crippen molar-refractivity contribution in [1.29, 1.82) is 0 Å². The van der Waals surface area contributed by atoms with Crippen LogP contribution in [0.2, 0.25) is 0 Å². The third-order valence-corrected chi connectivity index (χ3v) is 2.61. The van der Waals surface area contributed by atoms with Crippen molar-refractivity contribution < 1.29 is 10.2 Å². The maximum absolute atomic E-state index is 8.79. The van der Waals surface area contributed by atoms with Gasteiger partial charge in [-0.1, -0.05) is 0 Å². The van der Waals surface area contributed by atoms with E-state index in [0.29, 0.717) is 6.54 Å². The lowest BCUT2D eigenvalue weighted by molar-refractivity contribution is 0.288. The molecule has 96 valence electrons. The fraction of sp³-hybridized carbons (Fsp3) is 0.385.